The summed E-state index contributed by atoms with van der Waals surface area (Å²) in [5, 5.41) is 19.5. The van der Waals surface area contributed by atoms with Gasteiger partial charge in [0.1, 0.15) is 5.52 Å². The molecule has 4 rings (SSSR count). The number of fused-ring (bicyclic) bond motifs is 1. The van der Waals surface area contributed by atoms with Crippen molar-refractivity contribution in [3.63, 3.8) is 0 Å². The summed E-state index contributed by atoms with van der Waals surface area (Å²) in [5.41, 5.74) is 4.61. The Morgan fingerprint density at radius 2 is 1.96 bits per heavy atom. The van der Waals surface area contributed by atoms with Crippen molar-refractivity contribution in [2.45, 2.75) is 18.6 Å². The summed E-state index contributed by atoms with van der Waals surface area (Å²) >= 11 is 0. The normalized spacial score (nSPS) is 19.8. The first kappa shape index (κ1) is 16.6. The molecule has 7 nitrogen and oxygen atoms in total. The minimum atomic E-state index is -0.652. The van der Waals surface area contributed by atoms with Gasteiger partial charge in [-0.2, -0.15) is 0 Å². The highest BCUT2D eigenvalue weighted by molar-refractivity contribution is 5.90. The lowest BCUT2D eigenvalue weighted by Crippen LogP contribution is -2.19. The molecule has 1 aliphatic rings. The number of nitrogens with zero attached hydrogens (tertiary/aromatic N) is 4. The summed E-state index contributed by atoms with van der Waals surface area (Å²) in [6, 6.07) is 7.53. The van der Waals surface area contributed by atoms with Crippen LogP contribution in [0.15, 0.2) is 42.9 Å². The van der Waals surface area contributed by atoms with E-state index in [0.717, 1.165) is 23.1 Å². The molecule has 26 heavy (non-hydrogen) atoms. The third-order valence-electron chi connectivity index (χ3n) is 4.77. The fourth-order valence-corrected chi connectivity index (χ4v) is 3.32. The summed E-state index contributed by atoms with van der Waals surface area (Å²) in [5.74, 6) is -0.255. The van der Waals surface area contributed by atoms with Gasteiger partial charge in [0.15, 0.2) is 0 Å². The Morgan fingerprint density at radius 3 is 2.65 bits per heavy atom. The van der Waals surface area contributed by atoms with E-state index in [1.165, 1.54) is 0 Å². The molecule has 0 saturated carbocycles. The van der Waals surface area contributed by atoms with Crippen molar-refractivity contribution in [1.82, 2.24) is 19.9 Å². The number of pyridine rings is 1. The first-order valence-electron chi connectivity index (χ1n) is 8.38. The molecule has 1 fully saturated rings. The van der Waals surface area contributed by atoms with Crippen LogP contribution >= 0.6 is 0 Å². The van der Waals surface area contributed by atoms with Gasteiger partial charge in [-0.3, -0.25) is 14.8 Å². The number of rotatable bonds is 4. The molecule has 2 aromatic heterocycles. The molecule has 0 aliphatic carbocycles. The van der Waals surface area contributed by atoms with E-state index < -0.39 is 6.10 Å². The first-order chi connectivity index (χ1) is 12.7. The zero-order valence-corrected chi connectivity index (χ0v) is 14.0. The first-order valence-corrected chi connectivity index (χ1v) is 8.38. The number of carbonyl (C=O) groups is 1. The number of hydrogen-bond donors (Lipinski definition) is 2. The van der Waals surface area contributed by atoms with Crippen LogP contribution in [0.3, 0.4) is 0 Å². The predicted octanol–water partition coefficient (Wildman–Crippen LogP) is 1.10. The fraction of sp³-hybridized carbons (Fsp3) is 0.263. The van der Waals surface area contributed by atoms with Gasteiger partial charge in [-0.15, -0.1) is 0 Å². The van der Waals surface area contributed by atoms with E-state index in [2.05, 4.69) is 9.97 Å². The van der Waals surface area contributed by atoms with Crippen LogP contribution in [-0.2, 0) is 11.4 Å². The van der Waals surface area contributed by atoms with E-state index in [9.17, 15) is 15.0 Å². The van der Waals surface area contributed by atoms with Crippen molar-refractivity contribution < 1.29 is 15.0 Å². The molecule has 3 aromatic rings. The lowest BCUT2D eigenvalue weighted by atomic mass is 10.0. The fourth-order valence-electron chi connectivity index (χ4n) is 3.32. The SMILES string of the molecule is O=CN1CC(O)C(c2cnc3cncc(-c4ccc(CO)cc4)c3n2)C1. The van der Waals surface area contributed by atoms with Crippen molar-refractivity contribution in [3.05, 3.63) is 54.1 Å². The number of aliphatic hydroxyl groups excluding tert-OH is 2. The second-order valence-corrected chi connectivity index (χ2v) is 6.44. The topological polar surface area (TPSA) is 99.4 Å². The molecule has 1 aromatic carbocycles. The molecule has 3 heterocycles. The van der Waals surface area contributed by atoms with Crippen molar-refractivity contribution in [2.24, 2.45) is 0 Å². The number of hydrogen-bond acceptors (Lipinski definition) is 6. The second kappa shape index (κ2) is 6.78. The van der Waals surface area contributed by atoms with Crippen LogP contribution in [0.1, 0.15) is 17.2 Å². The summed E-state index contributed by atoms with van der Waals surface area (Å²) in [6.07, 6.45) is 5.12. The van der Waals surface area contributed by atoms with Gasteiger partial charge in [0.25, 0.3) is 0 Å². The number of aliphatic hydroxyl groups is 2. The molecule has 0 spiro atoms. The highest BCUT2D eigenvalue weighted by atomic mass is 16.3. The van der Waals surface area contributed by atoms with Crippen molar-refractivity contribution in [1.29, 1.82) is 0 Å². The molecule has 2 N–H and O–H groups in total. The molecule has 2 atom stereocenters. The summed E-state index contributed by atoms with van der Waals surface area (Å²) < 4.78 is 0. The number of carbonyl (C=O) groups excluding carboxylic acids is 1. The van der Waals surface area contributed by atoms with Gasteiger partial charge in [-0.05, 0) is 11.1 Å². The second-order valence-electron chi connectivity index (χ2n) is 6.44. The highest BCUT2D eigenvalue weighted by Gasteiger charge is 2.33. The average molecular weight is 350 g/mol. The van der Waals surface area contributed by atoms with E-state index in [1.54, 1.807) is 23.5 Å². The Bertz CT molecular complexity index is 945. The molecular weight excluding hydrogens is 332 g/mol. The van der Waals surface area contributed by atoms with Gasteiger partial charge >= 0.3 is 0 Å². The Morgan fingerprint density at radius 1 is 1.15 bits per heavy atom. The zero-order chi connectivity index (χ0) is 18.1. The van der Waals surface area contributed by atoms with Crippen molar-refractivity contribution in [3.8, 4) is 11.1 Å². The minimum absolute atomic E-state index is 0.00911. The minimum Gasteiger partial charge on any atom is -0.392 e. The van der Waals surface area contributed by atoms with Crippen LogP contribution in [0.25, 0.3) is 22.2 Å². The van der Waals surface area contributed by atoms with Crippen LogP contribution in [0.5, 0.6) is 0 Å². The van der Waals surface area contributed by atoms with E-state index in [-0.39, 0.29) is 12.5 Å². The van der Waals surface area contributed by atoms with Gasteiger partial charge in [-0.1, -0.05) is 24.3 Å². The number of aromatic nitrogens is 3. The monoisotopic (exact) mass is 350 g/mol. The predicted molar refractivity (Wildman–Crippen MR) is 95.1 cm³/mol. The molecule has 2 unspecified atom stereocenters. The lowest BCUT2D eigenvalue weighted by molar-refractivity contribution is -0.117. The van der Waals surface area contributed by atoms with Crippen LogP contribution in [0, 0.1) is 0 Å². The van der Waals surface area contributed by atoms with Crippen LogP contribution in [0.2, 0.25) is 0 Å². The summed E-state index contributed by atoms with van der Waals surface area (Å²) in [7, 11) is 0. The molecule has 1 saturated heterocycles. The van der Waals surface area contributed by atoms with E-state index in [4.69, 9.17) is 4.98 Å². The number of β-amino-alcohol motifs (C(OH)–C–C–N with tert-alkyl or cyclic N) is 1. The number of benzene rings is 1. The standard InChI is InChI=1S/C19H18N4O3/c24-10-12-1-3-13(4-2-12)14-5-20-6-17-19(14)22-16(7-21-17)15-8-23(11-25)9-18(15)26/h1-7,11,15,18,24,26H,8-10H2. The number of amides is 1. The van der Waals surface area contributed by atoms with Gasteiger partial charge in [0.2, 0.25) is 6.41 Å². The molecule has 7 heteroatoms. The molecule has 132 valence electrons. The lowest BCUT2D eigenvalue weighted by Gasteiger charge is -2.14. The number of likely N-dealkylation sites (tertiary alicyclic amines) is 1. The van der Waals surface area contributed by atoms with E-state index in [1.807, 2.05) is 24.3 Å². The maximum Gasteiger partial charge on any atom is 0.209 e. The maximum atomic E-state index is 11.0. The summed E-state index contributed by atoms with van der Waals surface area (Å²) in [4.78, 5) is 26.0. The maximum absolute atomic E-state index is 11.0. The van der Waals surface area contributed by atoms with Crippen molar-refractivity contribution >= 4 is 17.4 Å². The van der Waals surface area contributed by atoms with Crippen LogP contribution < -0.4 is 0 Å². The van der Waals surface area contributed by atoms with Crippen LogP contribution in [-0.4, -0.2) is 55.7 Å². The highest BCUT2D eigenvalue weighted by Crippen LogP contribution is 2.30. The Labute approximate surface area is 150 Å². The van der Waals surface area contributed by atoms with E-state index >= 15 is 0 Å². The average Bonchev–Trinajstić information content (AvgIpc) is 3.08. The Kier molecular flexibility index (Phi) is 4.32. The molecule has 0 radical (unpaired) electrons. The molecule has 0 bridgehead atoms. The Balaban J connectivity index is 1.78. The third kappa shape index (κ3) is 2.91. The van der Waals surface area contributed by atoms with Crippen molar-refractivity contribution in [2.75, 3.05) is 13.1 Å². The molecule has 1 amide bonds. The van der Waals surface area contributed by atoms with Crippen LogP contribution in [0.4, 0.5) is 0 Å². The van der Waals surface area contributed by atoms with E-state index in [0.29, 0.717) is 29.8 Å². The van der Waals surface area contributed by atoms with Gasteiger partial charge in [-0.25, -0.2) is 4.98 Å². The quantitative estimate of drug-likeness (QED) is 0.684. The Hall–Kier alpha value is -2.90. The molecule has 1 aliphatic heterocycles. The largest absolute Gasteiger partial charge is 0.392 e. The zero-order valence-electron chi connectivity index (χ0n) is 14.0. The smallest absolute Gasteiger partial charge is 0.209 e. The van der Waals surface area contributed by atoms with Gasteiger partial charge < -0.3 is 15.1 Å². The van der Waals surface area contributed by atoms with Gasteiger partial charge in [0.05, 0.1) is 30.1 Å². The summed E-state index contributed by atoms with van der Waals surface area (Å²) in [6.45, 7) is 0.723. The van der Waals surface area contributed by atoms with Gasteiger partial charge in [0, 0.05) is 37.0 Å². The molecular formula is C19H18N4O3. The third-order valence-corrected chi connectivity index (χ3v) is 4.77.